The Kier molecular flexibility index (Phi) is 5.29. The molecule has 2 rings (SSSR count). The Morgan fingerprint density at radius 3 is 2.78 bits per heavy atom. The smallest absolute Gasteiger partial charge is 0.349 e. The monoisotopic (exact) mass is 358 g/mol. The minimum atomic E-state index is -4.12. The van der Waals surface area contributed by atoms with Gasteiger partial charge in [0.15, 0.2) is 0 Å². The molecule has 1 N–H and O–H groups in total. The molecule has 8 nitrogen and oxygen atoms in total. The Labute approximate surface area is 136 Å². The van der Waals surface area contributed by atoms with Crippen molar-refractivity contribution in [1.82, 2.24) is 9.71 Å². The Morgan fingerprint density at radius 2 is 2.13 bits per heavy atom. The van der Waals surface area contributed by atoms with Crippen LogP contribution in [0.4, 0.5) is 0 Å². The van der Waals surface area contributed by atoms with Crippen LogP contribution in [0.1, 0.15) is 16.6 Å². The number of pyridine rings is 1. The van der Waals surface area contributed by atoms with E-state index in [1.807, 2.05) is 0 Å². The van der Waals surface area contributed by atoms with E-state index in [-0.39, 0.29) is 21.8 Å². The minimum absolute atomic E-state index is 0.0853. The summed E-state index contributed by atoms with van der Waals surface area (Å²) in [5.41, 5.74) is 0. The molecule has 0 saturated carbocycles. The number of carbonyl (C=O) groups is 2. The van der Waals surface area contributed by atoms with Gasteiger partial charge in [-0.3, -0.25) is 4.79 Å². The highest BCUT2D eigenvalue weighted by atomic mass is 32.2. The second-order valence-corrected chi connectivity index (χ2v) is 6.94. The number of rotatable bonds is 6. The van der Waals surface area contributed by atoms with E-state index in [2.05, 4.69) is 14.4 Å². The van der Waals surface area contributed by atoms with Gasteiger partial charge in [-0.1, -0.05) is 0 Å². The van der Waals surface area contributed by atoms with Gasteiger partial charge in [0.1, 0.15) is 21.1 Å². The molecule has 0 unspecified atom stereocenters. The molecule has 0 amide bonds. The second-order valence-electron chi connectivity index (χ2n) is 4.24. The van der Waals surface area contributed by atoms with Crippen LogP contribution in [0.2, 0.25) is 0 Å². The zero-order chi connectivity index (χ0) is 17.0. The number of ether oxygens (including phenoxy) is 2. The molecule has 0 saturated heterocycles. The molecule has 124 valence electrons. The molecule has 0 fully saturated rings. The van der Waals surface area contributed by atoms with Crippen molar-refractivity contribution in [3.05, 3.63) is 23.2 Å². The molecule has 2 aromatic heterocycles. The first-order valence-corrected chi connectivity index (χ1v) is 8.81. The first kappa shape index (κ1) is 17.3. The summed E-state index contributed by atoms with van der Waals surface area (Å²) >= 11 is 0.918. The average Bonchev–Trinajstić information content (AvgIpc) is 2.93. The number of methoxy groups -OCH3 is 1. The van der Waals surface area contributed by atoms with E-state index in [0.717, 1.165) is 18.4 Å². The summed E-state index contributed by atoms with van der Waals surface area (Å²) < 4.78 is 36.4. The van der Waals surface area contributed by atoms with E-state index in [9.17, 15) is 18.0 Å². The Balaban J connectivity index is 2.54. The van der Waals surface area contributed by atoms with E-state index in [1.54, 1.807) is 13.0 Å². The van der Waals surface area contributed by atoms with Gasteiger partial charge < -0.3 is 9.47 Å². The number of nitrogens with one attached hydrogen (secondary N) is 1. The highest BCUT2D eigenvalue weighted by molar-refractivity contribution is 7.90. The molecule has 2 heterocycles. The van der Waals surface area contributed by atoms with Crippen molar-refractivity contribution in [3.8, 4) is 0 Å². The molecular formula is C13H14N2O6S2. The number of esters is 2. The van der Waals surface area contributed by atoms with Crippen molar-refractivity contribution in [2.75, 3.05) is 20.3 Å². The lowest BCUT2D eigenvalue weighted by molar-refractivity contribution is -0.139. The maximum Gasteiger partial charge on any atom is 0.349 e. The van der Waals surface area contributed by atoms with Crippen molar-refractivity contribution < 1.29 is 27.5 Å². The van der Waals surface area contributed by atoms with Gasteiger partial charge in [0, 0.05) is 11.6 Å². The average molecular weight is 358 g/mol. The van der Waals surface area contributed by atoms with Gasteiger partial charge in [-0.25, -0.2) is 18.2 Å². The quantitative estimate of drug-likeness (QED) is 0.764. The van der Waals surface area contributed by atoms with Crippen LogP contribution in [0.5, 0.6) is 0 Å². The molecule has 10 heteroatoms. The molecule has 0 aliphatic rings. The van der Waals surface area contributed by atoms with Crippen molar-refractivity contribution in [2.45, 2.75) is 11.8 Å². The lowest BCUT2D eigenvalue weighted by Crippen LogP contribution is -2.31. The standard InChI is InChI=1S/C13H14N2O6S2/c1-3-21-13(17)10-11(8-5-4-6-14-12(8)22-10)23(18,19)15-7-9(16)20-2/h4-6,15H,3,7H2,1-2H3. The zero-order valence-electron chi connectivity index (χ0n) is 12.4. The molecule has 0 aliphatic carbocycles. The van der Waals surface area contributed by atoms with Gasteiger partial charge in [-0.15, -0.1) is 11.3 Å². The summed E-state index contributed by atoms with van der Waals surface area (Å²) in [6, 6.07) is 3.09. The third-order valence-electron chi connectivity index (χ3n) is 2.78. The van der Waals surface area contributed by atoms with Crippen LogP contribution in [0, 0.1) is 0 Å². The Morgan fingerprint density at radius 1 is 1.39 bits per heavy atom. The maximum absolute atomic E-state index is 12.5. The molecule has 0 aliphatic heterocycles. The van der Waals surface area contributed by atoms with Crippen LogP contribution >= 0.6 is 11.3 Å². The summed E-state index contributed by atoms with van der Waals surface area (Å²) in [6.45, 7) is 1.18. The summed E-state index contributed by atoms with van der Waals surface area (Å²) in [4.78, 5) is 27.3. The number of fused-ring (bicyclic) bond motifs is 1. The van der Waals surface area contributed by atoms with E-state index >= 15 is 0 Å². The number of carbonyl (C=O) groups excluding carboxylic acids is 2. The summed E-state index contributed by atoms with van der Waals surface area (Å²) in [5.74, 6) is -1.50. The van der Waals surface area contributed by atoms with Gasteiger partial charge in [-0.05, 0) is 19.1 Å². The van der Waals surface area contributed by atoms with E-state index in [1.165, 1.54) is 12.3 Å². The third kappa shape index (κ3) is 3.66. The molecule has 0 atom stereocenters. The minimum Gasteiger partial charge on any atom is -0.468 e. The number of sulfonamides is 1. The first-order valence-electron chi connectivity index (χ1n) is 6.51. The van der Waals surface area contributed by atoms with E-state index < -0.39 is 28.5 Å². The largest absolute Gasteiger partial charge is 0.468 e. The van der Waals surface area contributed by atoms with Crippen LogP contribution in [-0.4, -0.2) is 45.6 Å². The lowest BCUT2D eigenvalue weighted by Gasteiger charge is -2.07. The molecule has 0 spiro atoms. The summed E-state index contributed by atoms with van der Waals surface area (Å²) in [5, 5.41) is 0.290. The topological polar surface area (TPSA) is 112 Å². The Bertz CT molecular complexity index is 843. The van der Waals surface area contributed by atoms with Crippen LogP contribution < -0.4 is 4.72 Å². The molecule has 2 aromatic rings. The summed E-state index contributed by atoms with van der Waals surface area (Å²) in [7, 11) is -2.98. The van der Waals surface area contributed by atoms with Crippen LogP contribution in [0.3, 0.4) is 0 Å². The number of nitrogens with zero attached hydrogens (tertiary/aromatic N) is 1. The van der Waals surface area contributed by atoms with Gasteiger partial charge in [0.25, 0.3) is 0 Å². The summed E-state index contributed by atoms with van der Waals surface area (Å²) in [6.07, 6.45) is 1.49. The molecule has 0 aromatic carbocycles. The molecule has 0 radical (unpaired) electrons. The van der Waals surface area contributed by atoms with Crippen molar-refractivity contribution in [2.24, 2.45) is 0 Å². The van der Waals surface area contributed by atoms with E-state index in [4.69, 9.17) is 4.74 Å². The van der Waals surface area contributed by atoms with Gasteiger partial charge in [-0.2, -0.15) is 4.72 Å². The van der Waals surface area contributed by atoms with Crippen LogP contribution in [0.15, 0.2) is 23.2 Å². The van der Waals surface area contributed by atoms with Crippen molar-refractivity contribution >= 4 is 43.5 Å². The molecule has 23 heavy (non-hydrogen) atoms. The maximum atomic E-state index is 12.5. The highest BCUT2D eigenvalue weighted by Gasteiger charge is 2.30. The predicted octanol–water partition coefficient (Wildman–Crippen LogP) is 0.924. The van der Waals surface area contributed by atoms with Crippen LogP contribution in [0.25, 0.3) is 10.2 Å². The number of thiophene rings is 1. The van der Waals surface area contributed by atoms with Gasteiger partial charge in [0.05, 0.1) is 13.7 Å². The van der Waals surface area contributed by atoms with Crippen LogP contribution in [-0.2, 0) is 24.3 Å². The normalized spacial score (nSPS) is 11.4. The fourth-order valence-electron chi connectivity index (χ4n) is 1.81. The van der Waals surface area contributed by atoms with Crippen molar-refractivity contribution in [3.63, 3.8) is 0 Å². The van der Waals surface area contributed by atoms with Gasteiger partial charge in [0.2, 0.25) is 10.0 Å². The number of aromatic nitrogens is 1. The highest BCUT2D eigenvalue weighted by Crippen LogP contribution is 2.33. The third-order valence-corrected chi connectivity index (χ3v) is 5.49. The second kappa shape index (κ2) is 7.02. The Hall–Kier alpha value is -2.04. The first-order chi connectivity index (χ1) is 10.9. The number of hydrogen-bond acceptors (Lipinski definition) is 8. The number of hydrogen-bond donors (Lipinski definition) is 1. The molecular weight excluding hydrogens is 344 g/mol. The SMILES string of the molecule is CCOC(=O)c1sc2ncccc2c1S(=O)(=O)NCC(=O)OC. The zero-order valence-corrected chi connectivity index (χ0v) is 14.0. The van der Waals surface area contributed by atoms with Gasteiger partial charge >= 0.3 is 11.9 Å². The lowest BCUT2D eigenvalue weighted by atomic mass is 10.3. The fourth-order valence-corrected chi connectivity index (χ4v) is 4.49. The fraction of sp³-hybridized carbons (Fsp3) is 0.308. The molecule has 0 bridgehead atoms. The predicted molar refractivity (Wildman–Crippen MR) is 82.8 cm³/mol. The van der Waals surface area contributed by atoms with E-state index in [0.29, 0.717) is 4.83 Å². The van der Waals surface area contributed by atoms with Crippen molar-refractivity contribution in [1.29, 1.82) is 0 Å².